The fourth-order valence-electron chi connectivity index (χ4n) is 2.31. The second-order valence-corrected chi connectivity index (χ2v) is 7.48. The van der Waals surface area contributed by atoms with E-state index in [4.69, 9.17) is 4.74 Å². The first kappa shape index (κ1) is 17.8. The van der Waals surface area contributed by atoms with Crippen molar-refractivity contribution in [2.45, 2.75) is 19.9 Å². The van der Waals surface area contributed by atoms with E-state index in [2.05, 4.69) is 19.2 Å². The smallest absolute Gasteiger partial charge is 0.149 e. The number of rotatable bonds is 8. The van der Waals surface area contributed by atoms with Crippen LogP contribution in [0.3, 0.4) is 0 Å². The van der Waals surface area contributed by atoms with Gasteiger partial charge in [-0.05, 0) is 25.6 Å². The maximum absolute atomic E-state index is 11.3. The number of hydrogen-bond acceptors (Lipinski definition) is 5. The van der Waals surface area contributed by atoms with E-state index in [1.54, 1.807) is 7.11 Å². The Kier molecular flexibility index (Phi) is 6.48. The molecule has 0 aromatic heterocycles. The van der Waals surface area contributed by atoms with Crippen molar-refractivity contribution in [2.75, 3.05) is 44.2 Å². The highest BCUT2D eigenvalue weighted by Gasteiger charge is 2.18. The van der Waals surface area contributed by atoms with Crippen LogP contribution in [0.2, 0.25) is 0 Å². The predicted molar refractivity (Wildman–Crippen MR) is 88.1 cm³/mol. The van der Waals surface area contributed by atoms with Crippen molar-refractivity contribution in [3.05, 3.63) is 23.8 Å². The third-order valence-electron chi connectivity index (χ3n) is 3.42. The summed E-state index contributed by atoms with van der Waals surface area (Å²) in [5.41, 5.74) is 2.05. The molecule has 0 amide bonds. The van der Waals surface area contributed by atoms with E-state index in [1.165, 1.54) is 6.26 Å². The van der Waals surface area contributed by atoms with E-state index in [-0.39, 0.29) is 11.8 Å². The van der Waals surface area contributed by atoms with Crippen LogP contribution in [-0.4, -0.2) is 47.7 Å². The summed E-state index contributed by atoms with van der Waals surface area (Å²) in [7, 11) is 0.581. The van der Waals surface area contributed by atoms with Crippen molar-refractivity contribution < 1.29 is 13.2 Å². The predicted octanol–water partition coefficient (Wildman–Crippen LogP) is 1.85. The van der Waals surface area contributed by atoms with Gasteiger partial charge >= 0.3 is 0 Å². The maximum atomic E-state index is 11.3. The molecule has 0 saturated heterocycles. The van der Waals surface area contributed by atoms with Crippen LogP contribution in [-0.2, 0) is 9.84 Å². The van der Waals surface area contributed by atoms with Crippen molar-refractivity contribution in [3.8, 4) is 5.75 Å². The van der Waals surface area contributed by atoms with E-state index in [0.29, 0.717) is 6.54 Å². The molecule has 0 heterocycles. The highest BCUT2D eigenvalue weighted by Crippen LogP contribution is 2.34. The molecule has 0 radical (unpaired) electrons. The van der Waals surface area contributed by atoms with Gasteiger partial charge in [0.05, 0.1) is 12.9 Å². The molecular weight excluding hydrogens is 288 g/mol. The van der Waals surface area contributed by atoms with Crippen molar-refractivity contribution >= 4 is 15.5 Å². The zero-order chi connectivity index (χ0) is 16.0. The molecule has 21 heavy (non-hydrogen) atoms. The lowest BCUT2D eigenvalue weighted by Gasteiger charge is -2.27. The first-order valence-electron chi connectivity index (χ1n) is 7.09. The number of sulfone groups is 1. The monoisotopic (exact) mass is 314 g/mol. The average molecular weight is 314 g/mol. The summed E-state index contributed by atoms with van der Waals surface area (Å²) in [4.78, 5) is 1.97. The zero-order valence-electron chi connectivity index (χ0n) is 13.5. The fourth-order valence-corrected chi connectivity index (χ4v) is 2.92. The molecule has 0 aliphatic heterocycles. The second-order valence-electron chi connectivity index (χ2n) is 5.22. The van der Waals surface area contributed by atoms with Gasteiger partial charge in [-0.3, -0.25) is 0 Å². The molecule has 1 unspecified atom stereocenters. The lowest BCUT2D eigenvalue weighted by molar-refractivity contribution is 0.402. The Balaban J connectivity index is 3.10. The van der Waals surface area contributed by atoms with Gasteiger partial charge in [0, 0.05) is 37.1 Å². The molecule has 0 aliphatic carbocycles. The molecule has 5 nitrogen and oxygen atoms in total. The van der Waals surface area contributed by atoms with Gasteiger partial charge in [-0.1, -0.05) is 13.0 Å². The van der Waals surface area contributed by atoms with E-state index in [1.807, 2.05) is 30.1 Å². The molecular formula is C15H26N2O3S. The van der Waals surface area contributed by atoms with E-state index < -0.39 is 9.84 Å². The highest BCUT2D eigenvalue weighted by molar-refractivity contribution is 7.90. The number of nitrogens with zero attached hydrogens (tertiary/aromatic N) is 1. The minimum Gasteiger partial charge on any atom is -0.496 e. The molecule has 0 fully saturated rings. The average Bonchev–Trinajstić information content (AvgIpc) is 2.43. The van der Waals surface area contributed by atoms with Crippen LogP contribution in [0.1, 0.15) is 25.5 Å². The molecule has 0 bridgehead atoms. The van der Waals surface area contributed by atoms with Crippen LogP contribution in [0.5, 0.6) is 5.75 Å². The fraction of sp³-hybridized carbons (Fsp3) is 0.600. The van der Waals surface area contributed by atoms with Gasteiger partial charge in [-0.25, -0.2) is 8.42 Å². The standard InChI is InChI=1S/C15H26N2O3S/c1-6-16-12(2)15-13(8-7-9-14(15)20-4)17(3)10-11-21(5,18)19/h7-9,12,16H,6,10-11H2,1-5H3. The molecule has 1 aromatic rings. The lowest BCUT2D eigenvalue weighted by atomic mass is 10.0. The first-order valence-corrected chi connectivity index (χ1v) is 9.15. The van der Waals surface area contributed by atoms with E-state index in [0.717, 1.165) is 23.5 Å². The summed E-state index contributed by atoms with van der Waals surface area (Å²) >= 11 is 0. The van der Waals surface area contributed by atoms with Crippen LogP contribution >= 0.6 is 0 Å². The Morgan fingerprint density at radius 3 is 2.57 bits per heavy atom. The van der Waals surface area contributed by atoms with Crippen molar-refractivity contribution in [2.24, 2.45) is 0 Å². The van der Waals surface area contributed by atoms with Crippen molar-refractivity contribution in [1.82, 2.24) is 5.32 Å². The minimum absolute atomic E-state index is 0.127. The van der Waals surface area contributed by atoms with Gasteiger partial charge < -0.3 is 15.0 Å². The SMILES string of the molecule is CCNC(C)c1c(OC)cccc1N(C)CCS(C)(=O)=O. The molecule has 0 aliphatic rings. The number of methoxy groups -OCH3 is 1. The van der Waals surface area contributed by atoms with Crippen LogP contribution < -0.4 is 15.0 Å². The second kappa shape index (κ2) is 7.66. The Morgan fingerprint density at radius 1 is 1.38 bits per heavy atom. The van der Waals surface area contributed by atoms with Gasteiger partial charge in [0.1, 0.15) is 15.6 Å². The molecule has 0 spiro atoms. The summed E-state index contributed by atoms with van der Waals surface area (Å²) in [5.74, 6) is 0.947. The summed E-state index contributed by atoms with van der Waals surface area (Å²) in [6, 6.07) is 5.97. The van der Waals surface area contributed by atoms with Crippen LogP contribution in [0.15, 0.2) is 18.2 Å². The Labute approximate surface area is 128 Å². The van der Waals surface area contributed by atoms with Gasteiger partial charge in [0.15, 0.2) is 0 Å². The Hall–Kier alpha value is -1.27. The van der Waals surface area contributed by atoms with Crippen LogP contribution in [0.4, 0.5) is 5.69 Å². The number of nitrogens with one attached hydrogen (secondary N) is 1. The zero-order valence-corrected chi connectivity index (χ0v) is 14.3. The van der Waals surface area contributed by atoms with Gasteiger partial charge in [-0.15, -0.1) is 0 Å². The number of ether oxygens (including phenoxy) is 1. The highest BCUT2D eigenvalue weighted by atomic mass is 32.2. The topological polar surface area (TPSA) is 58.6 Å². The van der Waals surface area contributed by atoms with Gasteiger partial charge in [-0.2, -0.15) is 0 Å². The van der Waals surface area contributed by atoms with E-state index >= 15 is 0 Å². The summed E-state index contributed by atoms with van der Waals surface area (Å²) in [6.07, 6.45) is 1.26. The van der Waals surface area contributed by atoms with Gasteiger partial charge in [0.25, 0.3) is 0 Å². The van der Waals surface area contributed by atoms with Gasteiger partial charge in [0.2, 0.25) is 0 Å². The molecule has 1 aromatic carbocycles. The Morgan fingerprint density at radius 2 is 2.05 bits per heavy atom. The minimum atomic E-state index is -2.97. The summed E-state index contributed by atoms with van der Waals surface area (Å²) < 4.78 is 28.2. The molecule has 1 rings (SSSR count). The Bertz CT molecular complexity index is 558. The third kappa shape index (κ3) is 5.21. The number of anilines is 1. The lowest BCUT2D eigenvalue weighted by Crippen LogP contribution is -2.28. The van der Waals surface area contributed by atoms with Crippen LogP contribution in [0, 0.1) is 0 Å². The summed E-state index contributed by atoms with van der Waals surface area (Å²) in [6.45, 7) is 5.44. The summed E-state index contributed by atoms with van der Waals surface area (Å²) in [5, 5.41) is 3.38. The maximum Gasteiger partial charge on any atom is 0.149 e. The third-order valence-corrected chi connectivity index (χ3v) is 4.34. The van der Waals surface area contributed by atoms with Crippen molar-refractivity contribution in [1.29, 1.82) is 0 Å². The molecule has 1 N–H and O–H groups in total. The van der Waals surface area contributed by atoms with E-state index in [9.17, 15) is 8.42 Å². The molecule has 0 saturated carbocycles. The molecule has 6 heteroatoms. The molecule has 1 atom stereocenters. The quantitative estimate of drug-likeness (QED) is 0.793. The number of hydrogen-bond donors (Lipinski definition) is 1. The largest absolute Gasteiger partial charge is 0.496 e. The van der Waals surface area contributed by atoms with Crippen molar-refractivity contribution in [3.63, 3.8) is 0 Å². The normalized spacial score (nSPS) is 13.0. The molecule has 120 valence electrons. The first-order chi connectivity index (χ1) is 9.80. The van der Waals surface area contributed by atoms with Crippen LogP contribution in [0.25, 0.3) is 0 Å². The number of benzene rings is 1.